The van der Waals surface area contributed by atoms with E-state index in [1.807, 2.05) is 12.1 Å². The summed E-state index contributed by atoms with van der Waals surface area (Å²) in [5, 5.41) is 4.82. The van der Waals surface area contributed by atoms with E-state index in [2.05, 4.69) is 25.2 Å². The number of benzene rings is 1. The molecule has 3 atom stereocenters. The first kappa shape index (κ1) is 15.1. The van der Waals surface area contributed by atoms with Gasteiger partial charge in [0.2, 0.25) is 0 Å². The molecule has 4 heteroatoms. The van der Waals surface area contributed by atoms with Crippen molar-refractivity contribution in [2.75, 3.05) is 13.2 Å². The average molecular weight is 302 g/mol. The summed E-state index contributed by atoms with van der Waals surface area (Å²) >= 11 is 12.0. The Balaban J connectivity index is 2.05. The van der Waals surface area contributed by atoms with Crippen molar-refractivity contribution in [1.29, 1.82) is 0 Å². The lowest BCUT2D eigenvalue weighted by Gasteiger charge is -2.23. The van der Waals surface area contributed by atoms with Gasteiger partial charge in [0, 0.05) is 12.0 Å². The predicted octanol–water partition coefficient (Wildman–Crippen LogP) is 3.94. The molecule has 1 aromatic carbocycles. The monoisotopic (exact) mass is 301 g/mol. The molecule has 1 aliphatic rings. The Morgan fingerprint density at radius 3 is 2.74 bits per heavy atom. The zero-order chi connectivity index (χ0) is 13.8. The van der Waals surface area contributed by atoms with Crippen molar-refractivity contribution in [3.8, 4) is 0 Å². The summed E-state index contributed by atoms with van der Waals surface area (Å²) in [6.07, 6.45) is 2.46. The average Bonchev–Trinajstić information content (AvgIpc) is 2.80. The van der Waals surface area contributed by atoms with Crippen molar-refractivity contribution in [3.63, 3.8) is 0 Å². The van der Waals surface area contributed by atoms with E-state index in [9.17, 15) is 0 Å². The standard InChI is InChI=1S/C15H21Cl2NO/c1-3-18-15(12-6-10(2)19-9-12)8-11-4-5-13(16)14(17)7-11/h4-5,7,10,12,15,18H,3,6,8-9H2,1-2H3. The summed E-state index contributed by atoms with van der Waals surface area (Å²) in [7, 11) is 0. The fourth-order valence-electron chi connectivity index (χ4n) is 2.72. The molecule has 0 amide bonds. The maximum absolute atomic E-state index is 6.08. The Kier molecular flexibility index (Phi) is 5.52. The highest BCUT2D eigenvalue weighted by Crippen LogP contribution is 2.27. The first-order valence-electron chi connectivity index (χ1n) is 6.89. The quantitative estimate of drug-likeness (QED) is 0.889. The number of nitrogens with one attached hydrogen (secondary N) is 1. The fourth-order valence-corrected chi connectivity index (χ4v) is 3.04. The third kappa shape index (κ3) is 4.09. The van der Waals surface area contributed by atoms with Gasteiger partial charge in [-0.25, -0.2) is 0 Å². The second kappa shape index (κ2) is 6.94. The van der Waals surface area contributed by atoms with Crippen LogP contribution in [0.25, 0.3) is 0 Å². The normalized spacial score (nSPS) is 24.6. The number of hydrogen-bond donors (Lipinski definition) is 1. The van der Waals surface area contributed by atoms with Crippen LogP contribution < -0.4 is 5.32 Å². The summed E-state index contributed by atoms with van der Waals surface area (Å²) in [6, 6.07) is 6.33. The second-order valence-corrected chi connectivity index (χ2v) is 6.07. The zero-order valence-corrected chi connectivity index (χ0v) is 13.0. The molecule has 1 saturated heterocycles. The molecule has 0 saturated carbocycles. The molecular formula is C15H21Cl2NO. The molecule has 2 nitrogen and oxygen atoms in total. The first-order chi connectivity index (χ1) is 9.10. The number of likely N-dealkylation sites (N-methyl/N-ethyl adjacent to an activating group) is 1. The van der Waals surface area contributed by atoms with Gasteiger partial charge in [-0.05, 0) is 44.0 Å². The fraction of sp³-hybridized carbons (Fsp3) is 0.600. The Bertz CT molecular complexity index is 425. The minimum Gasteiger partial charge on any atom is -0.378 e. The molecule has 106 valence electrons. The summed E-state index contributed by atoms with van der Waals surface area (Å²) in [4.78, 5) is 0. The molecule has 1 heterocycles. The van der Waals surface area contributed by atoms with Crippen LogP contribution >= 0.6 is 23.2 Å². The van der Waals surface area contributed by atoms with E-state index in [0.29, 0.717) is 28.1 Å². The van der Waals surface area contributed by atoms with Crippen molar-refractivity contribution in [2.45, 2.75) is 38.8 Å². The largest absolute Gasteiger partial charge is 0.378 e. The zero-order valence-electron chi connectivity index (χ0n) is 11.5. The lowest BCUT2D eigenvalue weighted by molar-refractivity contribution is 0.117. The maximum atomic E-state index is 6.08. The number of halogens is 2. The lowest BCUT2D eigenvalue weighted by Crippen LogP contribution is -2.38. The van der Waals surface area contributed by atoms with Gasteiger partial charge in [-0.1, -0.05) is 36.2 Å². The topological polar surface area (TPSA) is 21.3 Å². The van der Waals surface area contributed by atoms with Crippen LogP contribution in [0.15, 0.2) is 18.2 Å². The number of rotatable bonds is 5. The molecule has 0 bridgehead atoms. The van der Waals surface area contributed by atoms with Gasteiger partial charge in [0.15, 0.2) is 0 Å². The van der Waals surface area contributed by atoms with Crippen LogP contribution in [0.4, 0.5) is 0 Å². The van der Waals surface area contributed by atoms with Gasteiger partial charge >= 0.3 is 0 Å². The van der Waals surface area contributed by atoms with Crippen molar-refractivity contribution in [2.24, 2.45) is 5.92 Å². The Morgan fingerprint density at radius 2 is 2.16 bits per heavy atom. The minimum atomic E-state index is 0.375. The van der Waals surface area contributed by atoms with Crippen molar-refractivity contribution in [1.82, 2.24) is 5.32 Å². The Labute approximate surface area is 125 Å². The number of ether oxygens (including phenoxy) is 1. The summed E-state index contributed by atoms with van der Waals surface area (Å²) in [6.45, 7) is 6.10. The molecule has 19 heavy (non-hydrogen) atoms. The van der Waals surface area contributed by atoms with Gasteiger partial charge in [0.1, 0.15) is 0 Å². The summed E-state index contributed by atoms with van der Waals surface area (Å²) < 4.78 is 5.69. The van der Waals surface area contributed by atoms with E-state index in [-0.39, 0.29) is 0 Å². The van der Waals surface area contributed by atoms with Crippen LogP contribution in [0.2, 0.25) is 10.0 Å². The molecular weight excluding hydrogens is 281 g/mol. The van der Waals surface area contributed by atoms with E-state index in [1.165, 1.54) is 5.56 Å². The molecule has 2 rings (SSSR count). The molecule has 0 spiro atoms. The minimum absolute atomic E-state index is 0.375. The lowest BCUT2D eigenvalue weighted by atomic mass is 9.91. The van der Waals surface area contributed by atoms with E-state index < -0.39 is 0 Å². The van der Waals surface area contributed by atoms with Gasteiger partial charge in [-0.3, -0.25) is 0 Å². The second-order valence-electron chi connectivity index (χ2n) is 5.26. The van der Waals surface area contributed by atoms with E-state index in [1.54, 1.807) is 0 Å². The van der Waals surface area contributed by atoms with Gasteiger partial charge in [-0.2, -0.15) is 0 Å². The van der Waals surface area contributed by atoms with Crippen LogP contribution in [-0.2, 0) is 11.2 Å². The molecule has 0 aliphatic carbocycles. The summed E-state index contributed by atoms with van der Waals surface area (Å²) in [5.74, 6) is 0.574. The van der Waals surface area contributed by atoms with Crippen molar-refractivity contribution >= 4 is 23.2 Å². The van der Waals surface area contributed by atoms with Gasteiger partial charge in [-0.15, -0.1) is 0 Å². The highest BCUT2D eigenvalue weighted by Gasteiger charge is 2.29. The third-order valence-corrected chi connectivity index (χ3v) is 4.44. The summed E-state index contributed by atoms with van der Waals surface area (Å²) in [5.41, 5.74) is 1.22. The van der Waals surface area contributed by atoms with Gasteiger partial charge in [0.25, 0.3) is 0 Å². The highest BCUT2D eigenvalue weighted by atomic mass is 35.5. The number of hydrogen-bond acceptors (Lipinski definition) is 2. The SMILES string of the molecule is CCNC(Cc1ccc(Cl)c(Cl)c1)C1COC(C)C1. The van der Waals surface area contributed by atoms with Crippen LogP contribution in [0.3, 0.4) is 0 Å². The highest BCUT2D eigenvalue weighted by molar-refractivity contribution is 6.42. The molecule has 1 aliphatic heterocycles. The first-order valence-corrected chi connectivity index (χ1v) is 7.64. The maximum Gasteiger partial charge on any atom is 0.0595 e. The Hall–Kier alpha value is -0.280. The molecule has 1 aromatic rings. The van der Waals surface area contributed by atoms with Gasteiger partial charge in [0.05, 0.1) is 22.8 Å². The Morgan fingerprint density at radius 1 is 1.37 bits per heavy atom. The van der Waals surface area contributed by atoms with E-state index in [0.717, 1.165) is 26.0 Å². The van der Waals surface area contributed by atoms with Crippen LogP contribution in [0.5, 0.6) is 0 Å². The van der Waals surface area contributed by atoms with Crippen LogP contribution in [0, 0.1) is 5.92 Å². The van der Waals surface area contributed by atoms with Crippen LogP contribution in [0.1, 0.15) is 25.8 Å². The molecule has 3 unspecified atom stereocenters. The molecule has 1 fully saturated rings. The molecule has 0 aromatic heterocycles. The van der Waals surface area contributed by atoms with Gasteiger partial charge < -0.3 is 10.1 Å². The van der Waals surface area contributed by atoms with E-state index in [4.69, 9.17) is 27.9 Å². The van der Waals surface area contributed by atoms with Crippen molar-refractivity contribution in [3.05, 3.63) is 33.8 Å². The van der Waals surface area contributed by atoms with E-state index >= 15 is 0 Å². The predicted molar refractivity (Wildman–Crippen MR) is 81.2 cm³/mol. The molecule has 1 N–H and O–H groups in total. The third-order valence-electron chi connectivity index (χ3n) is 3.70. The van der Waals surface area contributed by atoms with Crippen molar-refractivity contribution < 1.29 is 4.74 Å². The van der Waals surface area contributed by atoms with Crippen LogP contribution in [-0.4, -0.2) is 25.3 Å². The smallest absolute Gasteiger partial charge is 0.0595 e. The molecule has 0 radical (unpaired) electrons.